The predicted octanol–water partition coefficient (Wildman–Crippen LogP) is 4.25. The maximum absolute atomic E-state index is 4.76. The van der Waals surface area contributed by atoms with Gasteiger partial charge in [0.15, 0.2) is 0 Å². The SMILES string of the molecule is Brc1ccc2nc(-c3ccccc3)n(-c3ncccn3)c2c1. The molecule has 4 aromatic rings. The minimum atomic E-state index is 0.613. The number of hydrogen-bond acceptors (Lipinski definition) is 3. The Balaban J connectivity index is 2.08. The third-order valence-corrected chi connectivity index (χ3v) is 3.89. The van der Waals surface area contributed by atoms with Crippen LogP contribution < -0.4 is 0 Å². The van der Waals surface area contributed by atoms with Gasteiger partial charge in [-0.05, 0) is 24.3 Å². The largest absolute Gasteiger partial charge is 0.260 e. The molecule has 0 radical (unpaired) electrons. The summed E-state index contributed by atoms with van der Waals surface area (Å²) in [6.07, 6.45) is 3.47. The van der Waals surface area contributed by atoms with E-state index in [1.54, 1.807) is 18.5 Å². The highest BCUT2D eigenvalue weighted by Crippen LogP contribution is 2.28. The standard InChI is InChI=1S/C17H11BrN4/c18-13-7-8-14-15(11-13)22(17-19-9-4-10-20-17)16(21-14)12-5-2-1-3-6-12/h1-11H. The van der Waals surface area contributed by atoms with Crippen LogP contribution in [0.2, 0.25) is 0 Å². The highest BCUT2D eigenvalue weighted by Gasteiger charge is 2.15. The van der Waals surface area contributed by atoms with Gasteiger partial charge in [0.05, 0.1) is 11.0 Å². The molecule has 0 aliphatic heterocycles. The van der Waals surface area contributed by atoms with E-state index in [1.807, 2.05) is 53.1 Å². The number of nitrogens with zero attached hydrogens (tertiary/aromatic N) is 4. The van der Waals surface area contributed by atoms with Crippen molar-refractivity contribution >= 4 is 27.0 Å². The number of rotatable bonds is 2. The fourth-order valence-electron chi connectivity index (χ4n) is 2.44. The quantitative estimate of drug-likeness (QED) is 0.542. The molecule has 0 spiro atoms. The smallest absolute Gasteiger partial charge is 0.235 e. The van der Waals surface area contributed by atoms with Gasteiger partial charge >= 0.3 is 0 Å². The second-order valence-electron chi connectivity index (χ2n) is 4.82. The highest BCUT2D eigenvalue weighted by atomic mass is 79.9. The number of benzene rings is 2. The van der Waals surface area contributed by atoms with E-state index in [0.29, 0.717) is 5.95 Å². The minimum absolute atomic E-state index is 0.613. The summed E-state index contributed by atoms with van der Waals surface area (Å²) < 4.78 is 2.98. The van der Waals surface area contributed by atoms with Crippen LogP contribution in [0.5, 0.6) is 0 Å². The maximum Gasteiger partial charge on any atom is 0.235 e. The molecule has 2 heterocycles. The van der Waals surface area contributed by atoms with Crippen LogP contribution in [-0.2, 0) is 0 Å². The first-order chi connectivity index (χ1) is 10.8. The van der Waals surface area contributed by atoms with Gasteiger partial charge in [-0.1, -0.05) is 46.3 Å². The molecule has 106 valence electrons. The molecule has 0 saturated carbocycles. The van der Waals surface area contributed by atoms with Crippen molar-refractivity contribution < 1.29 is 0 Å². The molecule has 2 aromatic carbocycles. The van der Waals surface area contributed by atoms with Crippen LogP contribution in [0.1, 0.15) is 0 Å². The molecule has 0 aliphatic rings. The number of aromatic nitrogens is 4. The van der Waals surface area contributed by atoms with Gasteiger partial charge in [-0.3, -0.25) is 4.57 Å². The zero-order valence-electron chi connectivity index (χ0n) is 11.5. The molecule has 0 unspecified atom stereocenters. The number of halogens is 1. The van der Waals surface area contributed by atoms with Crippen molar-refractivity contribution in [2.24, 2.45) is 0 Å². The molecule has 0 atom stereocenters. The van der Waals surface area contributed by atoms with Crippen molar-refractivity contribution in [1.82, 2.24) is 19.5 Å². The fraction of sp³-hybridized carbons (Fsp3) is 0. The molecule has 0 amide bonds. The van der Waals surface area contributed by atoms with Gasteiger partial charge in [0, 0.05) is 22.4 Å². The topological polar surface area (TPSA) is 43.6 Å². The van der Waals surface area contributed by atoms with E-state index in [2.05, 4.69) is 25.9 Å². The molecule has 5 heteroatoms. The Hall–Kier alpha value is -2.53. The summed E-state index contributed by atoms with van der Waals surface area (Å²) in [5.74, 6) is 1.45. The van der Waals surface area contributed by atoms with E-state index in [-0.39, 0.29) is 0 Å². The first-order valence-corrected chi connectivity index (χ1v) is 7.63. The number of hydrogen-bond donors (Lipinski definition) is 0. The number of imidazole rings is 1. The normalized spacial score (nSPS) is 11.0. The van der Waals surface area contributed by atoms with Crippen LogP contribution in [0.15, 0.2) is 71.5 Å². The lowest BCUT2D eigenvalue weighted by atomic mass is 10.2. The molecular formula is C17H11BrN4. The first kappa shape index (κ1) is 13.2. The van der Waals surface area contributed by atoms with Gasteiger partial charge in [-0.15, -0.1) is 0 Å². The van der Waals surface area contributed by atoms with E-state index in [1.165, 1.54) is 0 Å². The second kappa shape index (κ2) is 5.35. The molecule has 0 saturated heterocycles. The Morgan fingerprint density at radius 1 is 0.864 bits per heavy atom. The molecular weight excluding hydrogens is 340 g/mol. The lowest BCUT2D eigenvalue weighted by molar-refractivity contribution is 0.956. The monoisotopic (exact) mass is 350 g/mol. The van der Waals surface area contributed by atoms with Crippen molar-refractivity contribution in [3.8, 4) is 17.3 Å². The summed E-state index contributed by atoms with van der Waals surface area (Å²) in [6, 6.07) is 17.9. The molecule has 2 aromatic heterocycles. The summed E-state index contributed by atoms with van der Waals surface area (Å²) in [4.78, 5) is 13.5. The summed E-state index contributed by atoms with van der Waals surface area (Å²) in [6.45, 7) is 0. The molecule has 0 N–H and O–H groups in total. The second-order valence-corrected chi connectivity index (χ2v) is 5.73. The van der Waals surface area contributed by atoms with E-state index < -0.39 is 0 Å². The average Bonchev–Trinajstić information content (AvgIpc) is 2.95. The fourth-order valence-corrected chi connectivity index (χ4v) is 2.79. The Labute approximate surface area is 135 Å². The summed E-state index contributed by atoms with van der Waals surface area (Å²) in [5, 5.41) is 0. The maximum atomic E-state index is 4.76. The Bertz CT molecular complexity index is 933. The highest BCUT2D eigenvalue weighted by molar-refractivity contribution is 9.10. The van der Waals surface area contributed by atoms with E-state index in [9.17, 15) is 0 Å². The zero-order chi connectivity index (χ0) is 14.9. The molecule has 4 rings (SSSR count). The Kier molecular flexibility index (Phi) is 3.20. The summed E-state index contributed by atoms with van der Waals surface area (Å²) in [7, 11) is 0. The lowest BCUT2D eigenvalue weighted by Gasteiger charge is -2.07. The predicted molar refractivity (Wildman–Crippen MR) is 89.8 cm³/mol. The first-order valence-electron chi connectivity index (χ1n) is 6.84. The zero-order valence-corrected chi connectivity index (χ0v) is 13.1. The van der Waals surface area contributed by atoms with Crippen molar-refractivity contribution in [3.63, 3.8) is 0 Å². The van der Waals surface area contributed by atoms with Crippen molar-refractivity contribution in [1.29, 1.82) is 0 Å². The molecule has 0 fully saturated rings. The van der Waals surface area contributed by atoms with E-state index in [4.69, 9.17) is 4.98 Å². The van der Waals surface area contributed by atoms with Gasteiger partial charge in [0.1, 0.15) is 5.82 Å². The van der Waals surface area contributed by atoms with Crippen LogP contribution in [0.25, 0.3) is 28.4 Å². The molecule has 22 heavy (non-hydrogen) atoms. The number of fused-ring (bicyclic) bond motifs is 1. The van der Waals surface area contributed by atoms with Gasteiger partial charge in [0.2, 0.25) is 5.95 Å². The van der Waals surface area contributed by atoms with Crippen LogP contribution in [0.3, 0.4) is 0 Å². The van der Waals surface area contributed by atoms with Crippen LogP contribution in [0.4, 0.5) is 0 Å². The molecule has 4 nitrogen and oxygen atoms in total. The molecule has 0 aliphatic carbocycles. The third kappa shape index (κ3) is 2.19. The summed E-state index contributed by atoms with van der Waals surface area (Å²) in [5.41, 5.74) is 2.91. The Morgan fingerprint density at radius 3 is 2.41 bits per heavy atom. The van der Waals surface area contributed by atoms with Crippen LogP contribution in [0, 0.1) is 0 Å². The van der Waals surface area contributed by atoms with E-state index in [0.717, 1.165) is 26.9 Å². The van der Waals surface area contributed by atoms with Crippen molar-refractivity contribution in [3.05, 3.63) is 71.5 Å². The van der Waals surface area contributed by atoms with Gasteiger partial charge in [0.25, 0.3) is 0 Å². The third-order valence-electron chi connectivity index (χ3n) is 3.40. The summed E-state index contributed by atoms with van der Waals surface area (Å²) >= 11 is 3.52. The van der Waals surface area contributed by atoms with Gasteiger partial charge in [-0.25, -0.2) is 15.0 Å². The van der Waals surface area contributed by atoms with Crippen LogP contribution >= 0.6 is 15.9 Å². The van der Waals surface area contributed by atoms with Crippen molar-refractivity contribution in [2.75, 3.05) is 0 Å². The van der Waals surface area contributed by atoms with Gasteiger partial charge < -0.3 is 0 Å². The lowest BCUT2D eigenvalue weighted by Crippen LogP contribution is -2.02. The van der Waals surface area contributed by atoms with Crippen molar-refractivity contribution in [2.45, 2.75) is 0 Å². The Morgan fingerprint density at radius 2 is 1.64 bits per heavy atom. The van der Waals surface area contributed by atoms with Crippen LogP contribution in [-0.4, -0.2) is 19.5 Å². The van der Waals surface area contributed by atoms with E-state index >= 15 is 0 Å². The van der Waals surface area contributed by atoms with Gasteiger partial charge in [-0.2, -0.15) is 0 Å². The molecule has 0 bridgehead atoms. The minimum Gasteiger partial charge on any atom is -0.260 e. The average molecular weight is 351 g/mol.